The SMILES string of the molecule is O=C(c1cc([N+](=O)[O-])ccc1Cl)N1CCCC(c2nnc(-c3ccccc3F)s2)C1. The Morgan fingerprint density at radius 3 is 2.83 bits per heavy atom. The molecule has 0 spiro atoms. The van der Waals surface area contributed by atoms with Gasteiger partial charge in [-0.15, -0.1) is 10.2 Å². The van der Waals surface area contributed by atoms with E-state index in [4.69, 9.17) is 11.6 Å². The Balaban J connectivity index is 1.54. The first-order chi connectivity index (χ1) is 14.4. The van der Waals surface area contributed by atoms with Gasteiger partial charge in [-0.25, -0.2) is 4.39 Å². The van der Waals surface area contributed by atoms with Gasteiger partial charge in [0, 0.05) is 36.7 Å². The van der Waals surface area contributed by atoms with Gasteiger partial charge in [0.05, 0.1) is 15.5 Å². The Bertz CT molecular complexity index is 1120. The number of benzene rings is 2. The molecule has 1 amide bonds. The first-order valence-corrected chi connectivity index (χ1v) is 10.4. The zero-order valence-electron chi connectivity index (χ0n) is 15.6. The zero-order chi connectivity index (χ0) is 21.3. The molecule has 1 aliphatic rings. The number of rotatable bonds is 4. The monoisotopic (exact) mass is 446 g/mol. The largest absolute Gasteiger partial charge is 0.338 e. The van der Waals surface area contributed by atoms with Gasteiger partial charge in [-0.3, -0.25) is 14.9 Å². The molecule has 4 rings (SSSR count). The minimum atomic E-state index is -0.558. The van der Waals surface area contributed by atoms with Crippen molar-refractivity contribution >= 4 is 34.5 Å². The second-order valence-corrected chi connectivity index (χ2v) is 8.35. The van der Waals surface area contributed by atoms with Crippen LogP contribution in [0.15, 0.2) is 42.5 Å². The van der Waals surface area contributed by atoms with Crippen molar-refractivity contribution in [3.05, 3.63) is 74.0 Å². The fraction of sp³-hybridized carbons (Fsp3) is 0.250. The maximum Gasteiger partial charge on any atom is 0.270 e. The van der Waals surface area contributed by atoms with Crippen LogP contribution in [-0.4, -0.2) is 39.0 Å². The number of nitro groups is 1. The van der Waals surface area contributed by atoms with E-state index in [-0.39, 0.29) is 33.9 Å². The minimum absolute atomic E-state index is 0.0433. The molecule has 1 unspecified atom stereocenters. The Morgan fingerprint density at radius 1 is 1.27 bits per heavy atom. The van der Waals surface area contributed by atoms with Crippen LogP contribution in [0.2, 0.25) is 5.02 Å². The van der Waals surface area contributed by atoms with E-state index in [9.17, 15) is 19.3 Å². The number of aromatic nitrogens is 2. The van der Waals surface area contributed by atoms with E-state index in [2.05, 4.69) is 10.2 Å². The maximum absolute atomic E-state index is 14.0. The number of hydrogen-bond donors (Lipinski definition) is 0. The molecule has 1 saturated heterocycles. The summed E-state index contributed by atoms with van der Waals surface area (Å²) in [5, 5.41) is 20.8. The van der Waals surface area contributed by atoms with Crippen molar-refractivity contribution in [2.24, 2.45) is 0 Å². The summed E-state index contributed by atoms with van der Waals surface area (Å²) in [6, 6.07) is 10.2. The molecule has 2 aromatic carbocycles. The number of halogens is 2. The lowest BCUT2D eigenvalue weighted by atomic mass is 9.98. The van der Waals surface area contributed by atoms with Crippen molar-refractivity contribution in [2.75, 3.05) is 13.1 Å². The number of nitrogens with zero attached hydrogens (tertiary/aromatic N) is 4. The summed E-state index contributed by atoms with van der Waals surface area (Å²) in [5.41, 5.74) is 0.319. The number of carbonyl (C=O) groups is 1. The normalized spacial score (nSPS) is 16.5. The standard InChI is InChI=1S/C20H16ClFN4O3S/c21-16-8-7-13(26(28)29)10-15(16)20(27)25-9-3-4-12(11-25)18-23-24-19(30-18)14-5-1-2-6-17(14)22/h1-2,5-8,10,12H,3-4,9,11H2. The second-order valence-electron chi connectivity index (χ2n) is 6.94. The Morgan fingerprint density at radius 2 is 2.07 bits per heavy atom. The molecule has 2 heterocycles. The molecule has 1 aliphatic heterocycles. The van der Waals surface area contributed by atoms with Crippen LogP contribution in [0.1, 0.15) is 34.1 Å². The fourth-order valence-corrected chi connectivity index (χ4v) is 4.66. The third-order valence-electron chi connectivity index (χ3n) is 4.99. The van der Waals surface area contributed by atoms with E-state index in [1.54, 1.807) is 23.1 Å². The summed E-state index contributed by atoms with van der Waals surface area (Å²) < 4.78 is 14.0. The van der Waals surface area contributed by atoms with E-state index >= 15 is 0 Å². The summed E-state index contributed by atoms with van der Waals surface area (Å²) in [6.07, 6.45) is 1.57. The van der Waals surface area contributed by atoms with Crippen LogP contribution in [-0.2, 0) is 0 Å². The van der Waals surface area contributed by atoms with Crippen LogP contribution < -0.4 is 0 Å². The van der Waals surface area contributed by atoms with Gasteiger partial charge < -0.3 is 4.90 Å². The molecule has 1 atom stereocenters. The van der Waals surface area contributed by atoms with Gasteiger partial charge >= 0.3 is 0 Å². The molecular formula is C20H16ClFN4O3S. The third-order valence-corrected chi connectivity index (χ3v) is 6.44. The van der Waals surface area contributed by atoms with Crippen LogP contribution >= 0.6 is 22.9 Å². The molecule has 0 N–H and O–H groups in total. The van der Waals surface area contributed by atoms with Crippen molar-refractivity contribution in [2.45, 2.75) is 18.8 Å². The fourth-order valence-electron chi connectivity index (χ4n) is 3.47. The molecular weight excluding hydrogens is 431 g/mol. The van der Waals surface area contributed by atoms with E-state index in [0.29, 0.717) is 23.7 Å². The average Bonchev–Trinajstić information content (AvgIpc) is 3.24. The van der Waals surface area contributed by atoms with Gasteiger partial charge in [0.15, 0.2) is 5.01 Å². The van der Waals surface area contributed by atoms with E-state index in [1.165, 1.54) is 35.6 Å². The summed E-state index contributed by atoms with van der Waals surface area (Å²) in [4.78, 5) is 25.1. The van der Waals surface area contributed by atoms with Gasteiger partial charge in [-0.1, -0.05) is 35.1 Å². The molecule has 0 aliphatic carbocycles. The lowest BCUT2D eigenvalue weighted by Crippen LogP contribution is -2.39. The molecule has 7 nitrogen and oxygen atoms in total. The van der Waals surface area contributed by atoms with Crippen LogP contribution in [0.5, 0.6) is 0 Å². The van der Waals surface area contributed by atoms with Crippen molar-refractivity contribution in [3.8, 4) is 10.6 Å². The van der Waals surface area contributed by atoms with Gasteiger partial charge in [0.1, 0.15) is 10.8 Å². The molecule has 0 saturated carbocycles. The number of likely N-dealkylation sites (tertiary alicyclic amines) is 1. The Hall–Kier alpha value is -2.91. The summed E-state index contributed by atoms with van der Waals surface area (Å²) in [7, 11) is 0. The molecule has 1 fully saturated rings. The van der Waals surface area contributed by atoms with E-state index in [0.717, 1.165) is 17.8 Å². The summed E-state index contributed by atoms with van der Waals surface area (Å²) >= 11 is 7.44. The molecule has 0 radical (unpaired) electrons. The van der Waals surface area contributed by atoms with Crippen LogP contribution in [0.25, 0.3) is 10.6 Å². The summed E-state index contributed by atoms with van der Waals surface area (Å²) in [5.74, 6) is -0.758. The van der Waals surface area contributed by atoms with Gasteiger partial charge in [-0.2, -0.15) is 0 Å². The first-order valence-electron chi connectivity index (χ1n) is 9.25. The molecule has 30 heavy (non-hydrogen) atoms. The van der Waals surface area contributed by atoms with Gasteiger partial charge in [-0.05, 0) is 31.0 Å². The quantitative estimate of drug-likeness (QED) is 0.419. The maximum atomic E-state index is 14.0. The third kappa shape index (κ3) is 4.03. The van der Waals surface area contributed by atoms with Gasteiger partial charge in [0.2, 0.25) is 0 Å². The highest BCUT2D eigenvalue weighted by Crippen LogP contribution is 2.34. The highest BCUT2D eigenvalue weighted by Gasteiger charge is 2.29. The van der Waals surface area contributed by atoms with Crippen molar-refractivity contribution in [1.82, 2.24) is 15.1 Å². The van der Waals surface area contributed by atoms with Crippen molar-refractivity contribution in [1.29, 1.82) is 0 Å². The lowest BCUT2D eigenvalue weighted by molar-refractivity contribution is -0.384. The highest BCUT2D eigenvalue weighted by molar-refractivity contribution is 7.14. The van der Waals surface area contributed by atoms with Gasteiger partial charge in [0.25, 0.3) is 11.6 Å². The smallest absolute Gasteiger partial charge is 0.270 e. The first kappa shape index (κ1) is 20.4. The van der Waals surface area contributed by atoms with Crippen molar-refractivity contribution in [3.63, 3.8) is 0 Å². The van der Waals surface area contributed by atoms with Crippen LogP contribution in [0, 0.1) is 15.9 Å². The number of piperidine rings is 1. The number of hydrogen-bond acceptors (Lipinski definition) is 6. The van der Waals surface area contributed by atoms with Crippen LogP contribution in [0.4, 0.5) is 10.1 Å². The topological polar surface area (TPSA) is 89.2 Å². The minimum Gasteiger partial charge on any atom is -0.338 e. The van der Waals surface area contributed by atoms with Crippen molar-refractivity contribution < 1.29 is 14.1 Å². The lowest BCUT2D eigenvalue weighted by Gasteiger charge is -2.31. The Labute approximate surface area is 180 Å². The Kier molecular flexibility index (Phi) is 5.74. The molecule has 154 valence electrons. The number of amides is 1. The number of carbonyl (C=O) groups excluding carboxylic acids is 1. The number of nitro benzene ring substituents is 1. The molecule has 0 bridgehead atoms. The van der Waals surface area contributed by atoms with E-state index in [1.807, 2.05) is 0 Å². The predicted molar refractivity (Wildman–Crippen MR) is 111 cm³/mol. The highest BCUT2D eigenvalue weighted by atomic mass is 35.5. The number of non-ortho nitro benzene ring substituents is 1. The predicted octanol–water partition coefficient (Wildman–Crippen LogP) is 4.93. The van der Waals surface area contributed by atoms with E-state index < -0.39 is 4.92 Å². The second kappa shape index (κ2) is 8.45. The molecule has 1 aromatic heterocycles. The summed E-state index contributed by atoms with van der Waals surface area (Å²) in [6.45, 7) is 0.914. The van der Waals surface area contributed by atoms with Crippen LogP contribution in [0.3, 0.4) is 0 Å². The molecule has 3 aromatic rings. The average molecular weight is 447 g/mol. The zero-order valence-corrected chi connectivity index (χ0v) is 17.2. The molecule has 10 heteroatoms.